The molecule has 0 aliphatic rings. The van der Waals surface area contributed by atoms with Gasteiger partial charge in [-0.1, -0.05) is 17.7 Å². The lowest BCUT2D eigenvalue weighted by Gasteiger charge is -2.12. The van der Waals surface area contributed by atoms with Gasteiger partial charge in [-0.2, -0.15) is 11.3 Å². The summed E-state index contributed by atoms with van der Waals surface area (Å²) in [7, 11) is 0. The van der Waals surface area contributed by atoms with Gasteiger partial charge >= 0.3 is 0 Å². The molecule has 2 aromatic rings. The number of carbonyl (C=O) groups is 1. The van der Waals surface area contributed by atoms with E-state index in [0.717, 1.165) is 22.4 Å². The summed E-state index contributed by atoms with van der Waals surface area (Å²) in [5.74, 6) is 0.0449. The molecule has 2 nitrogen and oxygen atoms in total. The number of amides is 1. The molecule has 0 saturated heterocycles. The van der Waals surface area contributed by atoms with Crippen LogP contribution in [-0.4, -0.2) is 5.91 Å². The third kappa shape index (κ3) is 2.99. The van der Waals surface area contributed by atoms with Crippen molar-refractivity contribution in [2.24, 2.45) is 0 Å². The zero-order chi connectivity index (χ0) is 13.1. The van der Waals surface area contributed by atoms with Gasteiger partial charge in [-0.15, -0.1) is 0 Å². The number of nitrogens with one attached hydrogen (secondary N) is 1. The summed E-state index contributed by atoms with van der Waals surface area (Å²) in [6, 6.07) is 6.17. The summed E-state index contributed by atoms with van der Waals surface area (Å²) in [6.07, 6.45) is 0.441. The SMILES string of the molecule is Cc1cc(C)c(NC(=O)Cc2ccsc2)c(C)c1. The molecule has 3 heteroatoms. The first kappa shape index (κ1) is 12.8. The van der Waals surface area contributed by atoms with Gasteiger partial charge in [-0.3, -0.25) is 4.79 Å². The summed E-state index contributed by atoms with van der Waals surface area (Å²) < 4.78 is 0. The van der Waals surface area contributed by atoms with E-state index in [4.69, 9.17) is 0 Å². The van der Waals surface area contributed by atoms with E-state index in [1.807, 2.05) is 30.7 Å². The first-order valence-electron chi connectivity index (χ1n) is 5.95. The number of hydrogen-bond acceptors (Lipinski definition) is 2. The lowest BCUT2D eigenvalue weighted by Crippen LogP contribution is -2.15. The molecule has 0 unspecified atom stereocenters. The van der Waals surface area contributed by atoms with E-state index in [-0.39, 0.29) is 5.91 Å². The Balaban J connectivity index is 2.12. The van der Waals surface area contributed by atoms with Crippen molar-refractivity contribution < 1.29 is 4.79 Å². The number of aryl methyl sites for hydroxylation is 3. The largest absolute Gasteiger partial charge is 0.325 e. The fourth-order valence-corrected chi connectivity index (χ4v) is 2.81. The van der Waals surface area contributed by atoms with Crippen molar-refractivity contribution >= 4 is 22.9 Å². The highest BCUT2D eigenvalue weighted by atomic mass is 32.1. The molecular weight excluding hydrogens is 242 g/mol. The second-order valence-electron chi connectivity index (χ2n) is 4.63. The molecule has 1 amide bonds. The number of anilines is 1. The number of rotatable bonds is 3. The van der Waals surface area contributed by atoms with Crippen LogP contribution >= 0.6 is 11.3 Å². The zero-order valence-corrected chi connectivity index (χ0v) is 11.7. The Bertz CT molecular complexity index is 535. The fourth-order valence-electron chi connectivity index (χ4n) is 2.14. The number of benzene rings is 1. The Hall–Kier alpha value is -1.61. The third-order valence-electron chi connectivity index (χ3n) is 2.89. The minimum absolute atomic E-state index is 0.0449. The van der Waals surface area contributed by atoms with E-state index in [1.54, 1.807) is 11.3 Å². The van der Waals surface area contributed by atoms with Crippen molar-refractivity contribution in [1.29, 1.82) is 0 Å². The van der Waals surface area contributed by atoms with Crippen LogP contribution in [-0.2, 0) is 11.2 Å². The Morgan fingerprint density at radius 3 is 2.44 bits per heavy atom. The quantitative estimate of drug-likeness (QED) is 0.891. The van der Waals surface area contributed by atoms with Crippen molar-refractivity contribution in [1.82, 2.24) is 0 Å². The standard InChI is InChI=1S/C15H17NOS/c1-10-6-11(2)15(12(3)7-10)16-14(17)8-13-4-5-18-9-13/h4-7,9H,8H2,1-3H3,(H,16,17). The average molecular weight is 259 g/mol. The van der Waals surface area contributed by atoms with Crippen molar-refractivity contribution in [3.05, 3.63) is 51.2 Å². The molecule has 94 valence electrons. The van der Waals surface area contributed by atoms with Crippen LogP contribution in [0.2, 0.25) is 0 Å². The van der Waals surface area contributed by atoms with Gasteiger partial charge in [0.1, 0.15) is 0 Å². The second kappa shape index (κ2) is 5.36. The van der Waals surface area contributed by atoms with E-state index < -0.39 is 0 Å². The van der Waals surface area contributed by atoms with E-state index in [0.29, 0.717) is 6.42 Å². The Labute approximate surface area is 112 Å². The van der Waals surface area contributed by atoms with Crippen molar-refractivity contribution in [2.45, 2.75) is 27.2 Å². The van der Waals surface area contributed by atoms with Crippen LogP contribution in [0.25, 0.3) is 0 Å². The fraction of sp³-hybridized carbons (Fsp3) is 0.267. The number of hydrogen-bond donors (Lipinski definition) is 1. The highest BCUT2D eigenvalue weighted by Gasteiger charge is 2.09. The highest BCUT2D eigenvalue weighted by molar-refractivity contribution is 7.08. The summed E-state index contributed by atoms with van der Waals surface area (Å²) in [5.41, 5.74) is 5.47. The minimum atomic E-state index is 0.0449. The van der Waals surface area contributed by atoms with Gasteiger partial charge in [0.25, 0.3) is 0 Å². The maximum atomic E-state index is 12.0. The predicted octanol–water partition coefficient (Wildman–Crippen LogP) is 3.85. The summed E-state index contributed by atoms with van der Waals surface area (Å²) in [5, 5.41) is 7.01. The Morgan fingerprint density at radius 2 is 1.89 bits per heavy atom. The van der Waals surface area contributed by atoms with Crippen LogP contribution < -0.4 is 5.32 Å². The van der Waals surface area contributed by atoms with E-state index in [1.165, 1.54) is 5.56 Å². The molecule has 0 bridgehead atoms. The first-order valence-corrected chi connectivity index (χ1v) is 6.89. The third-order valence-corrected chi connectivity index (χ3v) is 3.62. The summed E-state index contributed by atoms with van der Waals surface area (Å²) in [6.45, 7) is 6.12. The van der Waals surface area contributed by atoms with Crippen LogP contribution in [0.15, 0.2) is 29.0 Å². The molecule has 18 heavy (non-hydrogen) atoms. The molecule has 0 atom stereocenters. The molecular formula is C15H17NOS. The first-order chi connectivity index (χ1) is 8.56. The van der Waals surface area contributed by atoms with Crippen molar-refractivity contribution in [2.75, 3.05) is 5.32 Å². The lowest BCUT2D eigenvalue weighted by atomic mass is 10.0. The summed E-state index contributed by atoms with van der Waals surface area (Å²) >= 11 is 1.62. The maximum Gasteiger partial charge on any atom is 0.228 e. The number of thiophene rings is 1. The van der Waals surface area contributed by atoms with Gasteiger partial charge < -0.3 is 5.32 Å². The second-order valence-corrected chi connectivity index (χ2v) is 5.41. The van der Waals surface area contributed by atoms with Crippen LogP contribution in [0.1, 0.15) is 22.3 Å². The molecule has 0 saturated carbocycles. The van der Waals surface area contributed by atoms with Crippen LogP contribution in [0, 0.1) is 20.8 Å². The lowest BCUT2D eigenvalue weighted by molar-refractivity contribution is -0.115. The van der Waals surface area contributed by atoms with E-state index >= 15 is 0 Å². The highest BCUT2D eigenvalue weighted by Crippen LogP contribution is 2.22. The molecule has 2 rings (SSSR count). The monoisotopic (exact) mass is 259 g/mol. The molecule has 0 radical (unpaired) electrons. The zero-order valence-electron chi connectivity index (χ0n) is 10.9. The Morgan fingerprint density at radius 1 is 1.22 bits per heavy atom. The van der Waals surface area contributed by atoms with Crippen LogP contribution in [0.4, 0.5) is 5.69 Å². The topological polar surface area (TPSA) is 29.1 Å². The normalized spacial score (nSPS) is 10.4. The van der Waals surface area contributed by atoms with Crippen molar-refractivity contribution in [3.8, 4) is 0 Å². The average Bonchev–Trinajstić information content (AvgIpc) is 2.76. The molecule has 1 aromatic heterocycles. The molecule has 1 heterocycles. The smallest absolute Gasteiger partial charge is 0.228 e. The van der Waals surface area contributed by atoms with E-state index in [2.05, 4.69) is 24.4 Å². The predicted molar refractivity (Wildman–Crippen MR) is 77.3 cm³/mol. The van der Waals surface area contributed by atoms with Gasteiger partial charge in [0.15, 0.2) is 0 Å². The van der Waals surface area contributed by atoms with E-state index in [9.17, 15) is 4.79 Å². The van der Waals surface area contributed by atoms with Gasteiger partial charge in [0.05, 0.1) is 6.42 Å². The van der Waals surface area contributed by atoms with Crippen LogP contribution in [0.3, 0.4) is 0 Å². The maximum absolute atomic E-state index is 12.0. The van der Waals surface area contributed by atoms with Crippen LogP contribution in [0.5, 0.6) is 0 Å². The minimum Gasteiger partial charge on any atom is -0.325 e. The molecule has 0 fully saturated rings. The molecule has 0 aliphatic heterocycles. The van der Waals surface area contributed by atoms with Gasteiger partial charge in [0, 0.05) is 5.69 Å². The van der Waals surface area contributed by atoms with Gasteiger partial charge in [-0.05, 0) is 54.3 Å². The number of carbonyl (C=O) groups excluding carboxylic acids is 1. The Kier molecular flexibility index (Phi) is 3.82. The molecule has 0 spiro atoms. The van der Waals surface area contributed by atoms with Gasteiger partial charge in [0.2, 0.25) is 5.91 Å². The molecule has 1 N–H and O–H groups in total. The van der Waals surface area contributed by atoms with Gasteiger partial charge in [-0.25, -0.2) is 0 Å². The summed E-state index contributed by atoms with van der Waals surface area (Å²) in [4.78, 5) is 12.0. The molecule has 1 aromatic carbocycles. The van der Waals surface area contributed by atoms with Crippen molar-refractivity contribution in [3.63, 3.8) is 0 Å². The molecule has 0 aliphatic carbocycles.